The quantitative estimate of drug-likeness (QED) is 0.0336. The number of β-amino-alcohol motifs (C(OH)–C–C–N with tert-alkyl or cyclic N) is 1. The van der Waals surface area contributed by atoms with Crippen LogP contribution in [0.2, 0.25) is 0 Å². The van der Waals surface area contributed by atoms with Crippen LogP contribution >= 0.6 is 0 Å². The maximum Gasteiger partial charge on any atom is 0.476 e. The monoisotopic (exact) mass is 1200 g/mol. The molecule has 29 heteroatoms. The molecule has 10 rings (SSSR count). The van der Waals surface area contributed by atoms with Gasteiger partial charge in [0, 0.05) is 44.5 Å². The van der Waals surface area contributed by atoms with Crippen LogP contribution in [0, 0.1) is 34.6 Å². The maximum atomic E-state index is 13.2. The number of H-pyrrole nitrogens is 3. The Bertz CT molecular complexity index is 4160. The van der Waals surface area contributed by atoms with Crippen LogP contribution in [0.5, 0.6) is 0 Å². The Hall–Kier alpha value is -8.06. The van der Waals surface area contributed by atoms with Crippen molar-refractivity contribution in [2.45, 2.75) is 117 Å². The summed E-state index contributed by atoms with van der Waals surface area (Å²) in [6, 6.07) is 11.6. The van der Waals surface area contributed by atoms with Crippen molar-refractivity contribution >= 4 is 67.1 Å². The highest BCUT2D eigenvalue weighted by atomic mass is 32.2. The standard InChI is InChI=1S/C33H35F3N10O5S.C22H29N5O5.CH4/c1-17-13-21-23(15-19(17)3)45(27-25(38-21)29(47)42-31(49)40-27)11-9-44(8-6-7-37-52(5,51)33(34,35)36)10-12-46-24-16-20(4)18(2)14-22(24)39-26-28(46)41-32(50)43-30(26)48;1-11-7-15-16(8-14(11)25-13-5-3-4-6-13)27(9-17(29)20(31)18(30)10-28)21-19(26-15)22(32)24-12(2)23-21;/h13-16H,5-12H2,1-4H3,(H,37,51)(H,42,47,49)(H,43,48,50);7-8,13,17-18,20,25,28-31H,2-6,9-10H2,1H3,(H,24,32);1H4/t;17-,18+,20-;/m.0./s1. The smallest absolute Gasteiger partial charge is 0.394 e. The number of aliphatic hydroxyl groups excluding tert-OH is 4. The van der Waals surface area contributed by atoms with E-state index in [4.69, 9.17) is 5.11 Å². The summed E-state index contributed by atoms with van der Waals surface area (Å²) in [6.07, 6.45) is 0.158. The van der Waals surface area contributed by atoms with Gasteiger partial charge in [-0.05, 0) is 131 Å². The number of fused-ring (bicyclic) bond motifs is 6. The van der Waals surface area contributed by atoms with Crippen molar-refractivity contribution in [2.75, 3.05) is 49.5 Å². The summed E-state index contributed by atoms with van der Waals surface area (Å²) in [5.41, 5.74) is 0.405. The summed E-state index contributed by atoms with van der Waals surface area (Å²) in [6.45, 7) is 13.1. The number of aryl methyl sites for hydroxylation is 5. The van der Waals surface area contributed by atoms with Crippen LogP contribution in [0.4, 0.5) is 36.1 Å². The molecule has 6 aliphatic rings. The number of hydrogen-bond donors (Lipinski definition) is 9. The van der Waals surface area contributed by atoms with Crippen molar-refractivity contribution in [3.63, 3.8) is 0 Å². The minimum Gasteiger partial charge on any atom is -0.394 e. The van der Waals surface area contributed by atoms with E-state index in [0.29, 0.717) is 39.5 Å². The molecular formula is C56H68F3N15O10S. The Morgan fingerprint density at radius 2 is 1.26 bits per heavy atom. The Balaban J connectivity index is 0.000000244. The molecule has 25 nitrogen and oxygen atoms in total. The summed E-state index contributed by atoms with van der Waals surface area (Å²) in [5.74, 6) is 3.14. The molecule has 5 aliphatic heterocycles. The van der Waals surface area contributed by atoms with Crippen LogP contribution in [0.1, 0.15) is 67.3 Å². The first kappa shape index (κ1) is 63.0. The third-order valence-corrected chi connectivity index (χ3v) is 16.6. The molecule has 6 heterocycles. The van der Waals surface area contributed by atoms with Crippen molar-refractivity contribution in [1.29, 1.82) is 0 Å². The van der Waals surface area contributed by atoms with E-state index in [-0.39, 0.29) is 99.4 Å². The second-order valence-corrected chi connectivity index (χ2v) is 23.3. The predicted octanol–water partition coefficient (Wildman–Crippen LogP) is 1.81. The molecule has 1 saturated carbocycles. The lowest BCUT2D eigenvalue weighted by Crippen LogP contribution is -2.48. The number of aliphatic hydroxyl groups is 4. The van der Waals surface area contributed by atoms with Gasteiger partial charge in [-0.15, -0.1) is 0 Å². The van der Waals surface area contributed by atoms with Crippen molar-refractivity contribution in [1.82, 2.24) is 58.6 Å². The molecular weight excluding hydrogens is 1130 g/mol. The van der Waals surface area contributed by atoms with Gasteiger partial charge in [-0.25, -0.2) is 38.5 Å². The first-order valence-electron chi connectivity index (χ1n) is 27.0. The molecule has 0 saturated heterocycles. The Labute approximate surface area is 483 Å². The molecule has 3 aromatic carbocycles. The summed E-state index contributed by atoms with van der Waals surface area (Å²) in [5, 5.41) is 43.3. The molecule has 0 spiro atoms. The lowest BCUT2D eigenvalue weighted by Gasteiger charge is -2.32. The van der Waals surface area contributed by atoms with Crippen molar-refractivity contribution in [3.05, 3.63) is 127 Å². The SMILES string of the molecule is C.C=S(=O)(NCCCN(CCn1c2nc(=O)[nH]c(=O)c-2nc2cc(C)c(C)cc21)CCn1c2nc(=O)[nH]c(=O)c-2nc2cc(C)c(C)cc21)C(F)(F)F.C=c1nc2c(c(=O)[nH]1)=Nc1cc(C)c(NC3CCCC3)cc1N2C[C@H](O)[C@H](O)[C@H](O)CO. The van der Waals surface area contributed by atoms with E-state index >= 15 is 0 Å². The number of hydrogen-bond acceptors (Lipinski definition) is 19. The molecule has 85 heavy (non-hydrogen) atoms. The van der Waals surface area contributed by atoms with E-state index < -0.39 is 68.2 Å². The molecule has 1 unspecified atom stereocenters. The zero-order chi connectivity index (χ0) is 60.7. The van der Waals surface area contributed by atoms with E-state index in [1.54, 1.807) is 14.0 Å². The number of halogens is 3. The Kier molecular flexibility index (Phi) is 18.7. The zero-order valence-corrected chi connectivity index (χ0v) is 47.4. The number of nitrogens with one attached hydrogen (secondary N) is 5. The number of alkyl halides is 3. The highest BCUT2D eigenvalue weighted by molar-refractivity contribution is 7.99. The summed E-state index contributed by atoms with van der Waals surface area (Å²) in [4.78, 5) is 99.2. The minimum atomic E-state index is -5.03. The normalized spacial score (nSPS) is 15.2. The van der Waals surface area contributed by atoms with Gasteiger partial charge in [-0.1, -0.05) is 26.8 Å². The van der Waals surface area contributed by atoms with Gasteiger partial charge in [0.25, 0.3) is 16.7 Å². The van der Waals surface area contributed by atoms with E-state index in [9.17, 15) is 56.7 Å². The third-order valence-electron chi connectivity index (χ3n) is 15.2. The fraction of sp³-hybridized carbons (Fsp3) is 0.429. The Morgan fingerprint density at radius 3 is 1.78 bits per heavy atom. The average molecular weight is 1200 g/mol. The molecule has 0 amide bonds. The summed E-state index contributed by atoms with van der Waals surface area (Å²) < 4.78 is 57.2. The number of anilines is 3. The Morgan fingerprint density at radius 1 is 0.729 bits per heavy atom. The number of aromatic amines is 3. The summed E-state index contributed by atoms with van der Waals surface area (Å²) in [7, 11) is -4.57. The number of nitrogens with zero attached hydrogens (tertiary/aromatic N) is 10. The second-order valence-electron chi connectivity index (χ2n) is 21.2. The van der Waals surface area contributed by atoms with Gasteiger partial charge >= 0.3 is 16.9 Å². The molecule has 454 valence electrons. The minimum absolute atomic E-state index is 0. The third kappa shape index (κ3) is 13.4. The fourth-order valence-electron chi connectivity index (χ4n) is 10.3. The predicted molar refractivity (Wildman–Crippen MR) is 318 cm³/mol. The van der Waals surface area contributed by atoms with Gasteiger partial charge in [-0.3, -0.25) is 29.3 Å². The number of rotatable bonds is 18. The van der Waals surface area contributed by atoms with E-state index in [1.165, 1.54) is 12.8 Å². The largest absolute Gasteiger partial charge is 0.476 e. The van der Waals surface area contributed by atoms with Gasteiger partial charge in [0.15, 0.2) is 34.2 Å². The van der Waals surface area contributed by atoms with Gasteiger partial charge in [0.05, 0.1) is 46.6 Å². The van der Waals surface area contributed by atoms with Crippen molar-refractivity contribution < 1.29 is 37.8 Å². The molecule has 1 aromatic heterocycles. The molecule has 0 radical (unpaired) electrons. The zero-order valence-electron chi connectivity index (χ0n) is 46.6. The van der Waals surface area contributed by atoms with Gasteiger partial charge in [0.1, 0.15) is 33.5 Å². The molecule has 9 N–H and O–H groups in total. The average Bonchev–Trinajstić information content (AvgIpc) is 1.64. The molecule has 4 aromatic rings. The van der Waals surface area contributed by atoms with Crippen LogP contribution in [0.15, 0.2) is 65.4 Å². The van der Waals surface area contributed by atoms with Crippen LogP contribution in [0.3, 0.4) is 0 Å². The van der Waals surface area contributed by atoms with Gasteiger partial charge in [-0.2, -0.15) is 23.1 Å². The second kappa shape index (κ2) is 25.3. The van der Waals surface area contributed by atoms with Crippen molar-refractivity contribution in [3.8, 4) is 23.0 Å². The highest BCUT2D eigenvalue weighted by Gasteiger charge is 2.39. The number of benzene rings is 3. The highest BCUT2D eigenvalue weighted by Crippen LogP contribution is 2.40. The van der Waals surface area contributed by atoms with Crippen LogP contribution in [-0.4, -0.2) is 154 Å². The van der Waals surface area contributed by atoms with Crippen LogP contribution in [0.25, 0.3) is 51.7 Å². The lowest BCUT2D eigenvalue weighted by molar-refractivity contribution is -0.0726. The van der Waals surface area contributed by atoms with Gasteiger partial charge in [0.2, 0.25) is 0 Å². The first-order chi connectivity index (χ1) is 39.7. The van der Waals surface area contributed by atoms with E-state index in [2.05, 4.69) is 62.6 Å². The van der Waals surface area contributed by atoms with Crippen LogP contribution in [-0.2, 0) is 22.8 Å². The first-order valence-corrected chi connectivity index (χ1v) is 28.7. The van der Waals surface area contributed by atoms with E-state index in [0.717, 1.165) is 46.3 Å². The fourth-order valence-corrected chi connectivity index (χ4v) is 10.9. The molecule has 0 bridgehead atoms. The van der Waals surface area contributed by atoms with Crippen molar-refractivity contribution in [2.24, 2.45) is 4.99 Å². The van der Waals surface area contributed by atoms with Crippen LogP contribution < -0.4 is 53.8 Å². The topological polar surface area (TPSA) is 348 Å². The number of aromatic nitrogens is 10. The van der Waals surface area contributed by atoms with E-state index in [1.807, 2.05) is 80.6 Å². The lowest BCUT2D eigenvalue weighted by atomic mass is 10.0. The summed E-state index contributed by atoms with van der Waals surface area (Å²) >= 11 is 0. The molecule has 1 aliphatic carbocycles. The van der Waals surface area contributed by atoms with Gasteiger partial charge < -0.3 is 44.8 Å². The molecule has 4 atom stereocenters. The molecule has 1 fully saturated rings. The maximum absolute atomic E-state index is 13.2.